The van der Waals surface area contributed by atoms with E-state index in [1.54, 1.807) is 0 Å². The predicted octanol–water partition coefficient (Wildman–Crippen LogP) is -1.78. The van der Waals surface area contributed by atoms with Gasteiger partial charge in [-0.2, -0.15) is 0 Å². The molecule has 0 aromatic heterocycles. The number of nitrogens with one attached hydrogen (secondary N) is 1. The van der Waals surface area contributed by atoms with Gasteiger partial charge in [-0.05, 0) is 0 Å². The third-order valence-corrected chi connectivity index (χ3v) is 0.405. The van der Waals surface area contributed by atoms with Crippen molar-refractivity contribution in [3.05, 3.63) is 0 Å². The number of carbonyl (C=O) groups is 2. The molecule has 0 radical (unpaired) electrons. The fraction of sp³-hybridized carbons (Fsp3) is 0.333. The lowest BCUT2D eigenvalue weighted by atomic mass is 10.6. The first kappa shape index (κ1) is 6.10. The molecule has 0 aliphatic carbocycles. The minimum absolute atomic E-state index is 0.140. The van der Waals surface area contributed by atoms with Crippen LogP contribution in [0.1, 0.15) is 0 Å². The van der Waals surface area contributed by atoms with Crippen LogP contribution in [0, 0.1) is 0 Å². The van der Waals surface area contributed by atoms with Crippen molar-refractivity contribution in [2.75, 3.05) is 6.54 Å². The normalized spacial score (nSPS) is 7.57. The second-order valence-electron chi connectivity index (χ2n) is 0.889. The Morgan fingerprint density at radius 2 is 2.43 bits per heavy atom. The van der Waals surface area contributed by atoms with Gasteiger partial charge < -0.3 is 5.73 Å². The number of hydrogen-bond donors (Lipinski definition) is 2. The van der Waals surface area contributed by atoms with E-state index in [2.05, 4.69) is 0 Å². The molecule has 0 heterocycles. The van der Waals surface area contributed by atoms with Gasteiger partial charge in [0, 0.05) is 0 Å². The van der Waals surface area contributed by atoms with Crippen molar-refractivity contribution in [1.29, 1.82) is 0 Å². The summed E-state index contributed by atoms with van der Waals surface area (Å²) in [7, 11) is 0. The van der Waals surface area contributed by atoms with E-state index >= 15 is 0 Å². The van der Waals surface area contributed by atoms with Gasteiger partial charge in [-0.1, -0.05) is 0 Å². The molecule has 2 amide bonds. The average molecular weight is 102 g/mol. The Morgan fingerprint density at radius 3 is 2.57 bits per heavy atom. The van der Waals surface area contributed by atoms with Gasteiger partial charge in [-0.3, -0.25) is 14.9 Å². The van der Waals surface area contributed by atoms with E-state index in [4.69, 9.17) is 5.73 Å². The minimum atomic E-state index is -0.463. The number of rotatable bonds is 2. The van der Waals surface area contributed by atoms with Gasteiger partial charge >= 0.3 is 0 Å². The molecule has 0 unspecified atom stereocenters. The molecule has 4 nitrogen and oxygen atoms in total. The Morgan fingerprint density at radius 1 is 1.86 bits per heavy atom. The van der Waals surface area contributed by atoms with E-state index in [1.807, 2.05) is 5.32 Å². The van der Waals surface area contributed by atoms with Crippen LogP contribution in [0.2, 0.25) is 0 Å². The van der Waals surface area contributed by atoms with Crippen molar-refractivity contribution in [3.8, 4) is 0 Å². The zero-order chi connectivity index (χ0) is 5.70. The highest BCUT2D eigenvalue weighted by molar-refractivity contribution is 5.86. The summed E-state index contributed by atoms with van der Waals surface area (Å²) in [6, 6.07) is 0. The van der Waals surface area contributed by atoms with Crippen LogP contribution in [-0.2, 0) is 9.59 Å². The minimum Gasteiger partial charge on any atom is -0.322 e. The van der Waals surface area contributed by atoms with E-state index in [0.29, 0.717) is 6.41 Å². The first-order valence-corrected chi connectivity index (χ1v) is 1.74. The third-order valence-electron chi connectivity index (χ3n) is 0.405. The maximum atomic E-state index is 9.94. The molecule has 0 saturated carbocycles. The monoisotopic (exact) mass is 102 g/mol. The van der Waals surface area contributed by atoms with Gasteiger partial charge in [0.2, 0.25) is 12.3 Å². The highest BCUT2D eigenvalue weighted by Gasteiger charge is 1.89. The van der Waals surface area contributed by atoms with Crippen LogP contribution < -0.4 is 11.1 Å². The van der Waals surface area contributed by atoms with Gasteiger partial charge in [0.25, 0.3) is 0 Å². The summed E-state index contributed by atoms with van der Waals surface area (Å²) in [4.78, 5) is 19.3. The quantitative estimate of drug-likeness (QED) is 0.405. The van der Waals surface area contributed by atoms with Gasteiger partial charge in [-0.15, -0.1) is 0 Å². The van der Waals surface area contributed by atoms with E-state index in [0.717, 1.165) is 0 Å². The smallest absolute Gasteiger partial charge is 0.240 e. The molecule has 0 aliphatic rings. The Hall–Kier alpha value is -0.900. The lowest BCUT2D eigenvalue weighted by Crippen LogP contribution is -2.28. The number of imide groups is 1. The molecular weight excluding hydrogens is 96.0 g/mol. The second-order valence-corrected chi connectivity index (χ2v) is 0.889. The Balaban J connectivity index is 3.17. The second kappa shape index (κ2) is 3.30. The van der Waals surface area contributed by atoms with Crippen molar-refractivity contribution in [3.63, 3.8) is 0 Å². The van der Waals surface area contributed by atoms with E-state index in [9.17, 15) is 9.59 Å². The highest BCUT2D eigenvalue weighted by Crippen LogP contribution is 1.48. The Bertz CT molecular complexity index is 81.0. The summed E-state index contributed by atoms with van der Waals surface area (Å²) in [5.74, 6) is -0.463. The average Bonchev–Trinajstić information content (AvgIpc) is 1.68. The lowest BCUT2D eigenvalue weighted by molar-refractivity contribution is -0.124. The molecule has 0 aromatic rings. The largest absolute Gasteiger partial charge is 0.322 e. The maximum Gasteiger partial charge on any atom is 0.240 e. The fourth-order valence-corrected chi connectivity index (χ4v) is 0.125. The molecule has 3 N–H and O–H groups in total. The molecule has 4 heteroatoms. The molecule has 0 atom stereocenters. The molecule has 40 valence electrons. The van der Waals surface area contributed by atoms with Gasteiger partial charge in [0.1, 0.15) is 0 Å². The van der Waals surface area contributed by atoms with Crippen LogP contribution >= 0.6 is 0 Å². The number of hydrogen-bond acceptors (Lipinski definition) is 3. The van der Waals surface area contributed by atoms with Crippen LogP contribution in [-0.4, -0.2) is 18.9 Å². The van der Waals surface area contributed by atoms with Crippen LogP contribution in [0.15, 0.2) is 0 Å². The van der Waals surface area contributed by atoms with Gasteiger partial charge in [0.15, 0.2) is 0 Å². The molecule has 0 saturated heterocycles. The van der Waals surface area contributed by atoms with Crippen molar-refractivity contribution < 1.29 is 9.59 Å². The highest BCUT2D eigenvalue weighted by atomic mass is 16.2. The van der Waals surface area contributed by atoms with E-state index in [1.165, 1.54) is 0 Å². The maximum absolute atomic E-state index is 9.94. The molecule has 7 heavy (non-hydrogen) atoms. The topological polar surface area (TPSA) is 72.2 Å². The van der Waals surface area contributed by atoms with Gasteiger partial charge in [-0.25, -0.2) is 0 Å². The van der Waals surface area contributed by atoms with Crippen molar-refractivity contribution in [1.82, 2.24) is 5.32 Å². The SMILES string of the molecule is NCC(=O)NC=O. The van der Waals surface area contributed by atoms with Crippen molar-refractivity contribution in [2.45, 2.75) is 0 Å². The zero-order valence-electron chi connectivity index (χ0n) is 3.68. The first-order valence-electron chi connectivity index (χ1n) is 1.74. The molecule has 0 aliphatic heterocycles. The van der Waals surface area contributed by atoms with Gasteiger partial charge in [0.05, 0.1) is 6.54 Å². The molecule has 0 spiro atoms. The molecular formula is C3H6N2O2. The fourth-order valence-electron chi connectivity index (χ4n) is 0.125. The van der Waals surface area contributed by atoms with Crippen molar-refractivity contribution in [2.24, 2.45) is 5.73 Å². The van der Waals surface area contributed by atoms with Crippen LogP contribution in [0.25, 0.3) is 0 Å². The summed E-state index contributed by atoms with van der Waals surface area (Å²) >= 11 is 0. The summed E-state index contributed by atoms with van der Waals surface area (Å²) in [5.41, 5.74) is 4.79. The summed E-state index contributed by atoms with van der Waals surface area (Å²) in [6.45, 7) is -0.140. The summed E-state index contributed by atoms with van der Waals surface area (Å²) < 4.78 is 0. The molecule has 0 fully saturated rings. The summed E-state index contributed by atoms with van der Waals surface area (Å²) in [6.07, 6.45) is 0.301. The standard InChI is InChI=1S/C3H6N2O2/c4-1-3(7)5-2-6/h2H,1,4H2,(H,5,6,7). The summed E-state index contributed by atoms with van der Waals surface area (Å²) in [5, 5.41) is 1.85. The number of amides is 2. The third kappa shape index (κ3) is 2.92. The molecule has 0 aromatic carbocycles. The molecule has 0 bridgehead atoms. The number of nitrogens with two attached hydrogens (primary N) is 1. The van der Waals surface area contributed by atoms with Crippen molar-refractivity contribution >= 4 is 12.3 Å². The molecule has 0 rings (SSSR count). The predicted molar refractivity (Wildman–Crippen MR) is 23.3 cm³/mol. The van der Waals surface area contributed by atoms with E-state index < -0.39 is 5.91 Å². The Labute approximate surface area is 40.7 Å². The van der Waals surface area contributed by atoms with Crippen LogP contribution in [0.5, 0.6) is 0 Å². The van der Waals surface area contributed by atoms with E-state index in [-0.39, 0.29) is 6.54 Å². The van der Waals surface area contributed by atoms with Crippen LogP contribution in [0.4, 0.5) is 0 Å². The first-order chi connectivity index (χ1) is 3.31. The van der Waals surface area contributed by atoms with Crippen LogP contribution in [0.3, 0.4) is 0 Å². The zero-order valence-corrected chi connectivity index (χ0v) is 3.68. The lowest BCUT2D eigenvalue weighted by Gasteiger charge is -1.86. The Kier molecular flexibility index (Phi) is 2.87. The number of carbonyl (C=O) groups excluding carboxylic acids is 2.